The zero-order valence-corrected chi connectivity index (χ0v) is 13.6. The van der Waals surface area contributed by atoms with Crippen molar-refractivity contribution in [1.82, 2.24) is 15.1 Å². The van der Waals surface area contributed by atoms with Crippen molar-refractivity contribution in [3.05, 3.63) is 0 Å². The second kappa shape index (κ2) is 6.44. The van der Waals surface area contributed by atoms with Crippen LogP contribution in [0.1, 0.15) is 52.4 Å². The van der Waals surface area contributed by atoms with E-state index in [2.05, 4.69) is 43.1 Å². The van der Waals surface area contributed by atoms with E-state index in [4.69, 9.17) is 0 Å². The monoisotopic (exact) mass is 281 g/mol. The zero-order valence-electron chi connectivity index (χ0n) is 13.6. The molecular formula is C16H31N3O. The number of carbonyl (C=O) groups is 1. The molecule has 0 bridgehead atoms. The quantitative estimate of drug-likeness (QED) is 0.809. The van der Waals surface area contributed by atoms with E-state index < -0.39 is 0 Å². The SMILES string of the molecule is CCC1(C)NC(C2CCCC2)N(CCCN(C)C)C1=O. The first kappa shape index (κ1) is 15.8. The Bertz CT molecular complexity index is 339. The largest absolute Gasteiger partial charge is 0.325 e. The van der Waals surface area contributed by atoms with E-state index in [1.165, 1.54) is 25.7 Å². The van der Waals surface area contributed by atoms with Gasteiger partial charge in [0.25, 0.3) is 0 Å². The van der Waals surface area contributed by atoms with Crippen LogP contribution in [0, 0.1) is 5.92 Å². The van der Waals surface area contributed by atoms with E-state index in [1.807, 2.05) is 0 Å². The molecule has 1 saturated carbocycles. The highest BCUT2D eigenvalue weighted by Gasteiger charge is 2.49. The number of nitrogens with one attached hydrogen (secondary N) is 1. The fourth-order valence-electron chi connectivity index (χ4n) is 3.61. The maximum atomic E-state index is 12.8. The molecule has 1 heterocycles. The minimum Gasteiger partial charge on any atom is -0.325 e. The molecule has 0 aromatic heterocycles. The van der Waals surface area contributed by atoms with Crippen LogP contribution in [-0.2, 0) is 4.79 Å². The molecule has 1 amide bonds. The molecule has 1 saturated heterocycles. The average Bonchev–Trinajstić information content (AvgIpc) is 3.00. The van der Waals surface area contributed by atoms with Crippen LogP contribution in [-0.4, -0.2) is 54.6 Å². The highest BCUT2D eigenvalue weighted by molar-refractivity contribution is 5.88. The minimum absolute atomic E-state index is 0.275. The minimum atomic E-state index is -0.342. The van der Waals surface area contributed by atoms with Gasteiger partial charge in [-0.15, -0.1) is 0 Å². The van der Waals surface area contributed by atoms with Crippen molar-refractivity contribution in [2.24, 2.45) is 5.92 Å². The molecule has 20 heavy (non-hydrogen) atoms. The van der Waals surface area contributed by atoms with E-state index in [1.54, 1.807) is 0 Å². The van der Waals surface area contributed by atoms with Crippen LogP contribution >= 0.6 is 0 Å². The Hall–Kier alpha value is -0.610. The van der Waals surface area contributed by atoms with E-state index in [9.17, 15) is 4.79 Å². The first-order valence-electron chi connectivity index (χ1n) is 8.21. The Labute approximate surface area is 123 Å². The molecule has 2 aliphatic rings. The van der Waals surface area contributed by atoms with Gasteiger partial charge < -0.3 is 9.80 Å². The summed E-state index contributed by atoms with van der Waals surface area (Å²) in [5, 5.41) is 3.66. The van der Waals surface area contributed by atoms with Gasteiger partial charge in [-0.1, -0.05) is 19.8 Å². The molecule has 4 heteroatoms. The van der Waals surface area contributed by atoms with Crippen LogP contribution < -0.4 is 5.32 Å². The lowest BCUT2D eigenvalue weighted by Crippen LogP contribution is -2.45. The van der Waals surface area contributed by atoms with Gasteiger partial charge in [-0.2, -0.15) is 0 Å². The summed E-state index contributed by atoms with van der Waals surface area (Å²) in [6, 6.07) is 0. The molecule has 2 atom stereocenters. The summed E-state index contributed by atoms with van der Waals surface area (Å²) in [4.78, 5) is 17.1. The van der Waals surface area contributed by atoms with Crippen LogP contribution in [0.5, 0.6) is 0 Å². The molecular weight excluding hydrogens is 250 g/mol. The summed E-state index contributed by atoms with van der Waals surface area (Å²) in [5.41, 5.74) is -0.342. The maximum Gasteiger partial charge on any atom is 0.243 e. The van der Waals surface area contributed by atoms with Crippen LogP contribution in [0.2, 0.25) is 0 Å². The van der Waals surface area contributed by atoms with E-state index in [-0.39, 0.29) is 11.7 Å². The molecule has 2 fully saturated rings. The Kier molecular flexibility index (Phi) is 5.08. The van der Waals surface area contributed by atoms with E-state index in [0.29, 0.717) is 11.8 Å². The van der Waals surface area contributed by atoms with Gasteiger partial charge in [0.05, 0.1) is 11.7 Å². The van der Waals surface area contributed by atoms with Gasteiger partial charge >= 0.3 is 0 Å². The van der Waals surface area contributed by atoms with Gasteiger partial charge in [0.2, 0.25) is 5.91 Å². The van der Waals surface area contributed by atoms with Gasteiger partial charge in [-0.25, -0.2) is 0 Å². The summed E-state index contributed by atoms with van der Waals surface area (Å²) in [6.07, 6.45) is 7.40. The Morgan fingerprint density at radius 1 is 1.35 bits per heavy atom. The van der Waals surface area contributed by atoms with Crippen LogP contribution in [0.4, 0.5) is 0 Å². The van der Waals surface area contributed by atoms with Gasteiger partial charge in [0, 0.05) is 6.54 Å². The number of amides is 1. The third-order valence-corrected chi connectivity index (χ3v) is 5.09. The number of carbonyl (C=O) groups excluding carboxylic acids is 1. The van der Waals surface area contributed by atoms with Crippen LogP contribution in [0.25, 0.3) is 0 Å². The highest BCUT2D eigenvalue weighted by atomic mass is 16.2. The summed E-state index contributed by atoms with van der Waals surface area (Å²) in [6.45, 7) is 6.12. The molecule has 0 radical (unpaired) electrons. The Balaban J connectivity index is 2.04. The van der Waals surface area contributed by atoms with Crippen molar-refractivity contribution in [2.75, 3.05) is 27.2 Å². The van der Waals surface area contributed by atoms with Gasteiger partial charge in [-0.3, -0.25) is 10.1 Å². The smallest absolute Gasteiger partial charge is 0.243 e. The number of hydrogen-bond acceptors (Lipinski definition) is 3. The lowest BCUT2D eigenvalue weighted by molar-refractivity contribution is -0.133. The zero-order chi connectivity index (χ0) is 14.8. The van der Waals surface area contributed by atoms with Gasteiger partial charge in [0.15, 0.2) is 0 Å². The molecule has 1 aliphatic carbocycles. The molecule has 116 valence electrons. The summed E-state index contributed by atoms with van der Waals surface area (Å²) >= 11 is 0. The first-order chi connectivity index (χ1) is 9.48. The van der Waals surface area contributed by atoms with E-state index in [0.717, 1.165) is 25.9 Å². The first-order valence-corrected chi connectivity index (χ1v) is 8.21. The third kappa shape index (κ3) is 3.17. The predicted molar refractivity (Wildman–Crippen MR) is 82.5 cm³/mol. The molecule has 2 rings (SSSR count). The van der Waals surface area contributed by atoms with Crippen molar-refractivity contribution >= 4 is 5.91 Å². The van der Waals surface area contributed by atoms with Crippen molar-refractivity contribution in [3.8, 4) is 0 Å². The molecule has 4 nitrogen and oxygen atoms in total. The Morgan fingerprint density at radius 3 is 2.55 bits per heavy atom. The lowest BCUT2D eigenvalue weighted by Gasteiger charge is -2.29. The predicted octanol–water partition coefficient (Wildman–Crippen LogP) is 2.05. The van der Waals surface area contributed by atoms with Crippen molar-refractivity contribution in [2.45, 2.75) is 64.1 Å². The molecule has 1 aliphatic heterocycles. The summed E-state index contributed by atoms with van der Waals surface area (Å²) < 4.78 is 0. The topological polar surface area (TPSA) is 35.6 Å². The number of hydrogen-bond donors (Lipinski definition) is 1. The molecule has 1 N–H and O–H groups in total. The van der Waals surface area contributed by atoms with Gasteiger partial charge in [-0.05, 0) is 59.2 Å². The standard InChI is InChI=1S/C16H31N3O/c1-5-16(2)15(20)19(12-8-11-18(3)4)14(17-16)13-9-6-7-10-13/h13-14,17H,5-12H2,1-4H3. The fraction of sp³-hybridized carbons (Fsp3) is 0.938. The summed E-state index contributed by atoms with van der Waals surface area (Å²) in [5.74, 6) is 0.974. The van der Waals surface area contributed by atoms with Crippen LogP contribution in [0.15, 0.2) is 0 Å². The van der Waals surface area contributed by atoms with Crippen molar-refractivity contribution in [3.63, 3.8) is 0 Å². The highest BCUT2D eigenvalue weighted by Crippen LogP contribution is 2.35. The van der Waals surface area contributed by atoms with Crippen molar-refractivity contribution in [1.29, 1.82) is 0 Å². The van der Waals surface area contributed by atoms with Gasteiger partial charge in [0.1, 0.15) is 0 Å². The molecule has 2 unspecified atom stereocenters. The second-order valence-electron chi connectivity index (χ2n) is 6.97. The lowest BCUT2D eigenvalue weighted by atomic mass is 9.99. The molecule has 0 spiro atoms. The maximum absolute atomic E-state index is 12.8. The fourth-order valence-corrected chi connectivity index (χ4v) is 3.61. The van der Waals surface area contributed by atoms with E-state index >= 15 is 0 Å². The van der Waals surface area contributed by atoms with Crippen molar-refractivity contribution < 1.29 is 4.79 Å². The second-order valence-corrected chi connectivity index (χ2v) is 6.97. The van der Waals surface area contributed by atoms with Crippen LogP contribution in [0.3, 0.4) is 0 Å². The third-order valence-electron chi connectivity index (χ3n) is 5.09. The average molecular weight is 281 g/mol. The summed E-state index contributed by atoms with van der Waals surface area (Å²) in [7, 11) is 4.18. The number of rotatable bonds is 6. The molecule has 0 aromatic rings. The normalized spacial score (nSPS) is 31.8. The molecule has 0 aromatic carbocycles. The number of nitrogens with zero attached hydrogens (tertiary/aromatic N) is 2. The Morgan fingerprint density at radius 2 is 2.00 bits per heavy atom.